The van der Waals surface area contributed by atoms with Gasteiger partial charge in [-0.3, -0.25) is 10.1 Å². The van der Waals surface area contributed by atoms with Crippen LogP contribution in [0.4, 0.5) is 6.01 Å². The van der Waals surface area contributed by atoms with Crippen LogP contribution in [0.2, 0.25) is 5.02 Å². The van der Waals surface area contributed by atoms with E-state index < -0.39 is 18.5 Å². The number of hydrogen-bond acceptors (Lipinski definition) is 7. The van der Waals surface area contributed by atoms with E-state index in [1.165, 1.54) is 18.2 Å². The lowest BCUT2D eigenvalue weighted by Crippen LogP contribution is -2.21. The molecule has 1 heterocycles. The first-order valence-electron chi connectivity index (χ1n) is 7.37. The van der Waals surface area contributed by atoms with Gasteiger partial charge in [0.1, 0.15) is 11.3 Å². The van der Waals surface area contributed by atoms with E-state index in [0.717, 1.165) is 0 Å². The van der Waals surface area contributed by atoms with Crippen LogP contribution in [0.15, 0.2) is 52.9 Å². The summed E-state index contributed by atoms with van der Waals surface area (Å²) in [6.45, 7) is -0.603. The van der Waals surface area contributed by atoms with Gasteiger partial charge in [-0.15, -0.1) is 5.10 Å². The van der Waals surface area contributed by atoms with Crippen molar-refractivity contribution in [1.82, 2.24) is 10.2 Å². The molecule has 132 valence electrons. The third-order valence-corrected chi connectivity index (χ3v) is 3.44. The number of amides is 1. The second kappa shape index (κ2) is 7.66. The van der Waals surface area contributed by atoms with Crippen LogP contribution in [-0.4, -0.2) is 33.8 Å². The van der Waals surface area contributed by atoms with Crippen LogP contribution in [0, 0.1) is 0 Å². The minimum absolute atomic E-state index is 0.129. The zero-order valence-electron chi connectivity index (χ0n) is 13.2. The molecule has 9 heteroatoms. The minimum atomic E-state index is -0.893. The first-order valence-corrected chi connectivity index (χ1v) is 7.75. The summed E-state index contributed by atoms with van der Waals surface area (Å²) in [6, 6.07) is 12.8. The van der Waals surface area contributed by atoms with Crippen LogP contribution >= 0.6 is 11.6 Å². The average molecular weight is 374 g/mol. The number of anilines is 1. The van der Waals surface area contributed by atoms with Gasteiger partial charge in [0.25, 0.3) is 5.91 Å². The molecule has 0 bridgehead atoms. The topological polar surface area (TPSA) is 115 Å². The fraction of sp³-hybridized carbons (Fsp3) is 0.0588. The Morgan fingerprint density at radius 1 is 1.15 bits per heavy atom. The molecule has 0 spiro atoms. The summed E-state index contributed by atoms with van der Waals surface area (Å²) < 4.78 is 10.1. The molecule has 3 aromatic rings. The smallest absolute Gasteiger partial charge is 0.342 e. The lowest BCUT2D eigenvalue weighted by atomic mass is 10.2. The van der Waals surface area contributed by atoms with Crippen molar-refractivity contribution in [3.05, 3.63) is 59.1 Å². The van der Waals surface area contributed by atoms with Crippen molar-refractivity contribution in [1.29, 1.82) is 0 Å². The Balaban J connectivity index is 1.57. The number of nitrogens with one attached hydrogen (secondary N) is 1. The van der Waals surface area contributed by atoms with E-state index >= 15 is 0 Å². The van der Waals surface area contributed by atoms with Crippen molar-refractivity contribution in [3.63, 3.8) is 0 Å². The number of carbonyl (C=O) groups is 2. The van der Waals surface area contributed by atoms with Gasteiger partial charge in [-0.05, 0) is 30.3 Å². The van der Waals surface area contributed by atoms with Gasteiger partial charge in [-0.2, -0.15) is 0 Å². The number of phenols is 1. The third-order valence-electron chi connectivity index (χ3n) is 3.20. The molecule has 8 nitrogen and oxygen atoms in total. The molecule has 1 aromatic heterocycles. The highest BCUT2D eigenvalue weighted by Crippen LogP contribution is 2.22. The highest BCUT2D eigenvalue weighted by atomic mass is 35.5. The summed E-state index contributed by atoms with van der Waals surface area (Å²) in [5.74, 6) is -1.63. The zero-order chi connectivity index (χ0) is 18.5. The molecule has 0 fully saturated rings. The molecule has 0 atom stereocenters. The number of aromatic nitrogens is 2. The molecule has 1 amide bonds. The number of ether oxygens (including phenoxy) is 1. The molecular weight excluding hydrogens is 362 g/mol. The quantitative estimate of drug-likeness (QED) is 0.661. The van der Waals surface area contributed by atoms with E-state index in [1.54, 1.807) is 12.1 Å². The lowest BCUT2D eigenvalue weighted by molar-refractivity contribution is -0.119. The molecule has 2 aromatic carbocycles. The van der Waals surface area contributed by atoms with Crippen molar-refractivity contribution in [2.24, 2.45) is 0 Å². The number of carbonyl (C=O) groups excluding carboxylic acids is 2. The Morgan fingerprint density at radius 3 is 2.69 bits per heavy atom. The predicted octanol–water partition coefficient (Wildman–Crippen LogP) is 2.89. The molecule has 0 aliphatic carbocycles. The summed E-state index contributed by atoms with van der Waals surface area (Å²) in [7, 11) is 0. The van der Waals surface area contributed by atoms with E-state index in [-0.39, 0.29) is 28.2 Å². The number of benzene rings is 2. The van der Waals surface area contributed by atoms with Gasteiger partial charge in [-0.25, -0.2) is 4.79 Å². The third kappa shape index (κ3) is 4.17. The maximum atomic E-state index is 11.9. The molecule has 0 saturated carbocycles. The Bertz CT molecular complexity index is 943. The van der Waals surface area contributed by atoms with Crippen molar-refractivity contribution >= 4 is 29.5 Å². The fourth-order valence-electron chi connectivity index (χ4n) is 2.01. The summed E-state index contributed by atoms with van der Waals surface area (Å²) in [5.41, 5.74) is 0.554. The summed E-state index contributed by atoms with van der Waals surface area (Å²) in [6.07, 6.45) is 0. The van der Waals surface area contributed by atoms with Gasteiger partial charge in [0.05, 0.1) is 0 Å². The number of aromatic hydroxyl groups is 1. The van der Waals surface area contributed by atoms with Crippen LogP contribution in [0.25, 0.3) is 11.5 Å². The molecule has 3 rings (SSSR count). The number of hydrogen-bond donors (Lipinski definition) is 2. The second-order valence-electron chi connectivity index (χ2n) is 5.06. The van der Waals surface area contributed by atoms with E-state index in [2.05, 4.69) is 15.5 Å². The van der Waals surface area contributed by atoms with E-state index in [4.69, 9.17) is 20.8 Å². The molecule has 2 N–H and O–H groups in total. The number of halogens is 1. The highest BCUT2D eigenvalue weighted by molar-refractivity contribution is 6.31. The molecule has 0 aliphatic rings. The summed E-state index contributed by atoms with van der Waals surface area (Å²) in [5, 5.41) is 19.7. The maximum Gasteiger partial charge on any atom is 0.342 e. The number of esters is 1. The first-order chi connectivity index (χ1) is 12.5. The van der Waals surface area contributed by atoms with E-state index in [9.17, 15) is 14.7 Å². The molecular formula is C17H12ClN3O5. The maximum absolute atomic E-state index is 11.9. The normalized spacial score (nSPS) is 10.3. The van der Waals surface area contributed by atoms with Crippen molar-refractivity contribution in [3.8, 4) is 17.2 Å². The standard InChI is InChI=1S/C17H12ClN3O5/c18-11-6-7-13(22)12(8-11)16(24)25-9-14(23)19-17-21-20-15(26-17)10-4-2-1-3-5-10/h1-8,22H,9H2,(H,19,21,23). The molecule has 0 saturated heterocycles. The second-order valence-corrected chi connectivity index (χ2v) is 5.50. The van der Waals surface area contributed by atoms with Crippen molar-refractivity contribution < 1.29 is 23.8 Å². The van der Waals surface area contributed by atoms with Crippen molar-refractivity contribution in [2.45, 2.75) is 0 Å². The summed E-state index contributed by atoms with van der Waals surface area (Å²) >= 11 is 5.76. The SMILES string of the molecule is O=C(COC(=O)c1cc(Cl)ccc1O)Nc1nnc(-c2ccccc2)o1. The number of phenolic OH excluding ortho intramolecular Hbond substituents is 1. The highest BCUT2D eigenvalue weighted by Gasteiger charge is 2.16. The van der Waals surface area contributed by atoms with Gasteiger partial charge >= 0.3 is 12.0 Å². The van der Waals surface area contributed by atoms with E-state index in [0.29, 0.717) is 5.56 Å². The Kier molecular flexibility index (Phi) is 5.14. The van der Waals surface area contributed by atoms with Crippen LogP contribution in [0.3, 0.4) is 0 Å². The van der Waals surface area contributed by atoms with Gasteiger partial charge in [0.2, 0.25) is 5.89 Å². The Morgan fingerprint density at radius 2 is 1.92 bits per heavy atom. The Hall–Kier alpha value is -3.39. The van der Waals surface area contributed by atoms with Crippen LogP contribution in [-0.2, 0) is 9.53 Å². The van der Waals surface area contributed by atoms with Crippen LogP contribution in [0.5, 0.6) is 5.75 Å². The monoisotopic (exact) mass is 373 g/mol. The van der Waals surface area contributed by atoms with Crippen molar-refractivity contribution in [2.75, 3.05) is 11.9 Å². The van der Waals surface area contributed by atoms with Crippen LogP contribution < -0.4 is 5.32 Å². The summed E-state index contributed by atoms with van der Waals surface area (Å²) in [4.78, 5) is 23.7. The number of rotatable bonds is 5. The minimum Gasteiger partial charge on any atom is -0.507 e. The predicted molar refractivity (Wildman–Crippen MR) is 91.8 cm³/mol. The first kappa shape index (κ1) is 17.4. The van der Waals surface area contributed by atoms with Gasteiger partial charge in [0.15, 0.2) is 6.61 Å². The van der Waals surface area contributed by atoms with Crippen LogP contribution in [0.1, 0.15) is 10.4 Å². The Labute approximate surface area is 152 Å². The molecule has 26 heavy (non-hydrogen) atoms. The molecule has 0 radical (unpaired) electrons. The van der Waals surface area contributed by atoms with Gasteiger partial charge < -0.3 is 14.3 Å². The number of nitrogens with zero attached hydrogens (tertiary/aromatic N) is 2. The fourth-order valence-corrected chi connectivity index (χ4v) is 2.18. The lowest BCUT2D eigenvalue weighted by Gasteiger charge is -2.06. The van der Waals surface area contributed by atoms with Gasteiger partial charge in [-0.1, -0.05) is 34.9 Å². The molecule has 0 aliphatic heterocycles. The zero-order valence-corrected chi connectivity index (χ0v) is 13.9. The van der Waals surface area contributed by atoms with E-state index in [1.807, 2.05) is 18.2 Å². The van der Waals surface area contributed by atoms with Gasteiger partial charge in [0, 0.05) is 10.6 Å². The molecule has 0 unspecified atom stereocenters. The largest absolute Gasteiger partial charge is 0.507 e. The average Bonchev–Trinajstić information content (AvgIpc) is 3.11.